The van der Waals surface area contributed by atoms with Gasteiger partial charge < -0.3 is 10.0 Å². The zero-order chi connectivity index (χ0) is 10.1. The van der Waals surface area contributed by atoms with E-state index in [1.165, 1.54) is 0 Å². The molecule has 2 aliphatic heterocycles. The zero-order valence-electron chi connectivity index (χ0n) is 8.65. The molecule has 0 amide bonds. The third kappa shape index (κ3) is 1.77. The second kappa shape index (κ2) is 3.87. The van der Waals surface area contributed by atoms with E-state index < -0.39 is 5.97 Å². The average molecular weight is 198 g/mol. The average Bonchev–Trinajstić information content (AvgIpc) is 2.42. The Balaban J connectivity index is 1.99. The van der Waals surface area contributed by atoms with Gasteiger partial charge in [-0.25, -0.2) is 0 Å². The quantitative estimate of drug-likeness (QED) is 0.698. The summed E-state index contributed by atoms with van der Waals surface area (Å²) >= 11 is 0. The van der Waals surface area contributed by atoms with E-state index in [1.54, 1.807) is 0 Å². The van der Waals surface area contributed by atoms with Crippen LogP contribution in [0.3, 0.4) is 0 Å². The molecule has 0 aromatic heterocycles. The van der Waals surface area contributed by atoms with Crippen molar-refractivity contribution in [3.05, 3.63) is 0 Å². The van der Waals surface area contributed by atoms with Gasteiger partial charge in [-0.1, -0.05) is 0 Å². The normalized spacial score (nSPS) is 31.4. The monoisotopic (exact) mass is 198 g/mol. The SMILES string of the molecule is CN1CCC(C(C(=O)O)N2CCC2)C1. The van der Waals surface area contributed by atoms with E-state index in [-0.39, 0.29) is 6.04 Å². The van der Waals surface area contributed by atoms with Gasteiger partial charge in [-0.3, -0.25) is 9.69 Å². The molecule has 4 heteroatoms. The topological polar surface area (TPSA) is 43.8 Å². The van der Waals surface area contributed by atoms with Gasteiger partial charge in [-0.15, -0.1) is 0 Å². The van der Waals surface area contributed by atoms with Crippen LogP contribution in [0.15, 0.2) is 0 Å². The van der Waals surface area contributed by atoms with Crippen molar-refractivity contribution in [2.75, 3.05) is 33.2 Å². The van der Waals surface area contributed by atoms with Crippen molar-refractivity contribution in [3.63, 3.8) is 0 Å². The van der Waals surface area contributed by atoms with E-state index in [0.717, 1.165) is 39.0 Å². The summed E-state index contributed by atoms with van der Waals surface area (Å²) in [6.07, 6.45) is 2.19. The van der Waals surface area contributed by atoms with E-state index in [2.05, 4.69) is 16.8 Å². The molecular weight excluding hydrogens is 180 g/mol. The Morgan fingerprint density at radius 2 is 2.14 bits per heavy atom. The van der Waals surface area contributed by atoms with Gasteiger partial charge in [0.05, 0.1) is 0 Å². The lowest BCUT2D eigenvalue weighted by atomic mass is 9.95. The maximum absolute atomic E-state index is 11.2. The van der Waals surface area contributed by atoms with Crippen molar-refractivity contribution in [1.29, 1.82) is 0 Å². The summed E-state index contributed by atoms with van der Waals surface area (Å²) in [4.78, 5) is 15.5. The first-order valence-corrected chi connectivity index (χ1v) is 5.34. The molecule has 2 aliphatic rings. The summed E-state index contributed by atoms with van der Waals surface area (Å²) in [6, 6.07) is -0.228. The fourth-order valence-corrected chi connectivity index (χ4v) is 2.50. The number of hydrogen-bond acceptors (Lipinski definition) is 3. The van der Waals surface area contributed by atoms with Crippen LogP contribution in [0.5, 0.6) is 0 Å². The molecule has 2 saturated heterocycles. The maximum atomic E-state index is 11.2. The number of carboxylic acids is 1. The van der Waals surface area contributed by atoms with Gasteiger partial charge in [0.2, 0.25) is 0 Å². The Morgan fingerprint density at radius 3 is 2.50 bits per heavy atom. The molecule has 0 radical (unpaired) electrons. The van der Waals surface area contributed by atoms with Crippen LogP contribution < -0.4 is 0 Å². The predicted octanol–water partition coefficient (Wildman–Crippen LogP) is 0.0970. The maximum Gasteiger partial charge on any atom is 0.321 e. The van der Waals surface area contributed by atoms with Crippen LogP contribution >= 0.6 is 0 Å². The van der Waals surface area contributed by atoms with Gasteiger partial charge >= 0.3 is 5.97 Å². The molecule has 14 heavy (non-hydrogen) atoms. The van der Waals surface area contributed by atoms with Crippen LogP contribution in [0.25, 0.3) is 0 Å². The third-order valence-electron chi connectivity index (χ3n) is 3.41. The Labute approximate surface area is 84.5 Å². The van der Waals surface area contributed by atoms with Gasteiger partial charge in [0.1, 0.15) is 6.04 Å². The van der Waals surface area contributed by atoms with E-state index in [1.807, 2.05) is 0 Å². The minimum Gasteiger partial charge on any atom is -0.480 e. The predicted molar refractivity (Wildman–Crippen MR) is 53.2 cm³/mol. The fourth-order valence-electron chi connectivity index (χ4n) is 2.50. The molecule has 2 atom stereocenters. The van der Waals surface area contributed by atoms with Crippen molar-refractivity contribution in [3.8, 4) is 0 Å². The first-order valence-electron chi connectivity index (χ1n) is 5.34. The van der Waals surface area contributed by atoms with Gasteiger partial charge in [-0.2, -0.15) is 0 Å². The van der Waals surface area contributed by atoms with Crippen LogP contribution in [0, 0.1) is 5.92 Å². The summed E-state index contributed by atoms with van der Waals surface area (Å²) in [5.74, 6) is -0.303. The lowest BCUT2D eigenvalue weighted by Gasteiger charge is -2.38. The number of carboxylic acid groups (broad SMARTS) is 1. The standard InChI is InChI=1S/C10H18N2O2/c1-11-6-3-8(7-11)9(10(13)14)12-4-2-5-12/h8-9H,2-7H2,1H3,(H,13,14). The minimum absolute atomic E-state index is 0.228. The van der Waals surface area contributed by atoms with Crippen LogP contribution in [0.4, 0.5) is 0 Å². The highest BCUT2D eigenvalue weighted by Crippen LogP contribution is 2.25. The number of rotatable bonds is 3. The van der Waals surface area contributed by atoms with Gasteiger partial charge in [0, 0.05) is 19.6 Å². The lowest BCUT2D eigenvalue weighted by Crippen LogP contribution is -2.53. The highest BCUT2D eigenvalue weighted by molar-refractivity contribution is 5.74. The van der Waals surface area contributed by atoms with Gasteiger partial charge in [0.25, 0.3) is 0 Å². The molecule has 0 spiro atoms. The second-order valence-corrected chi connectivity index (χ2v) is 4.48. The van der Waals surface area contributed by atoms with Gasteiger partial charge in [0.15, 0.2) is 0 Å². The number of carbonyl (C=O) groups is 1. The van der Waals surface area contributed by atoms with Gasteiger partial charge in [-0.05, 0) is 32.4 Å². The zero-order valence-corrected chi connectivity index (χ0v) is 8.65. The summed E-state index contributed by atoms with van der Waals surface area (Å²) in [6.45, 7) is 3.92. The summed E-state index contributed by atoms with van der Waals surface area (Å²) in [7, 11) is 2.06. The largest absolute Gasteiger partial charge is 0.480 e. The number of likely N-dealkylation sites (tertiary alicyclic amines) is 2. The smallest absolute Gasteiger partial charge is 0.321 e. The van der Waals surface area contributed by atoms with Crippen molar-refractivity contribution < 1.29 is 9.90 Å². The molecule has 1 N–H and O–H groups in total. The van der Waals surface area contributed by atoms with Crippen molar-refractivity contribution in [2.24, 2.45) is 5.92 Å². The summed E-state index contributed by atoms with van der Waals surface area (Å²) in [5.41, 5.74) is 0. The molecule has 0 aliphatic carbocycles. The van der Waals surface area contributed by atoms with Crippen molar-refractivity contribution >= 4 is 5.97 Å². The minimum atomic E-state index is -0.634. The molecule has 2 unspecified atom stereocenters. The highest BCUT2D eigenvalue weighted by atomic mass is 16.4. The molecule has 0 saturated carbocycles. The number of hydrogen-bond donors (Lipinski definition) is 1. The Kier molecular flexibility index (Phi) is 2.74. The molecule has 4 nitrogen and oxygen atoms in total. The van der Waals surface area contributed by atoms with E-state index in [4.69, 9.17) is 0 Å². The van der Waals surface area contributed by atoms with Crippen LogP contribution in [-0.2, 0) is 4.79 Å². The Hall–Kier alpha value is -0.610. The first-order chi connectivity index (χ1) is 6.68. The van der Waals surface area contributed by atoms with Crippen molar-refractivity contribution in [2.45, 2.75) is 18.9 Å². The number of aliphatic carboxylic acids is 1. The fraction of sp³-hybridized carbons (Fsp3) is 0.900. The Morgan fingerprint density at radius 1 is 1.43 bits per heavy atom. The highest BCUT2D eigenvalue weighted by Gasteiger charge is 2.38. The third-order valence-corrected chi connectivity index (χ3v) is 3.41. The first kappa shape index (κ1) is 9.93. The molecule has 2 rings (SSSR count). The van der Waals surface area contributed by atoms with E-state index >= 15 is 0 Å². The summed E-state index contributed by atoms with van der Waals surface area (Å²) in [5, 5.41) is 9.20. The van der Waals surface area contributed by atoms with E-state index in [0.29, 0.717) is 5.92 Å². The van der Waals surface area contributed by atoms with E-state index in [9.17, 15) is 9.90 Å². The van der Waals surface area contributed by atoms with Crippen LogP contribution in [0.1, 0.15) is 12.8 Å². The van der Waals surface area contributed by atoms with Crippen LogP contribution in [-0.4, -0.2) is 60.1 Å². The molecule has 2 fully saturated rings. The molecule has 80 valence electrons. The second-order valence-electron chi connectivity index (χ2n) is 4.48. The molecule has 0 aromatic rings. The molecule has 0 aromatic carbocycles. The summed E-state index contributed by atoms with van der Waals surface area (Å²) < 4.78 is 0. The molecule has 0 bridgehead atoms. The lowest BCUT2D eigenvalue weighted by molar-refractivity contribution is -0.147. The van der Waals surface area contributed by atoms with Crippen molar-refractivity contribution in [1.82, 2.24) is 9.80 Å². The molecular formula is C10H18N2O2. The Bertz CT molecular complexity index is 228. The molecule has 2 heterocycles. The van der Waals surface area contributed by atoms with Crippen LogP contribution in [0.2, 0.25) is 0 Å². The number of nitrogens with zero attached hydrogens (tertiary/aromatic N) is 2.